The molecular weight excluding hydrogens is 482 g/mol. The minimum absolute atomic E-state index is 0.0396. The molecule has 0 radical (unpaired) electrons. The van der Waals surface area contributed by atoms with E-state index in [1.54, 1.807) is 43.5 Å². The average Bonchev–Trinajstić information content (AvgIpc) is 2.82. The van der Waals surface area contributed by atoms with Crippen molar-refractivity contribution < 1.29 is 14.3 Å². The lowest BCUT2D eigenvalue weighted by Gasteiger charge is -2.39. The van der Waals surface area contributed by atoms with Crippen molar-refractivity contribution >= 4 is 40.7 Å². The van der Waals surface area contributed by atoms with Crippen LogP contribution in [-0.4, -0.2) is 24.6 Å². The van der Waals surface area contributed by atoms with Crippen molar-refractivity contribution in [1.82, 2.24) is 5.32 Å². The van der Waals surface area contributed by atoms with Gasteiger partial charge in [0.25, 0.3) is 0 Å². The zero-order valence-electron chi connectivity index (χ0n) is 19.8. The number of nitrogens with one attached hydrogen (secondary N) is 2. The van der Waals surface area contributed by atoms with Crippen LogP contribution >= 0.6 is 23.4 Å². The van der Waals surface area contributed by atoms with Gasteiger partial charge in [0.05, 0.1) is 35.5 Å². The van der Waals surface area contributed by atoms with Gasteiger partial charge in [0.15, 0.2) is 5.78 Å². The SMILES string of the molecule is COc1ccc(NC(=O)CSC2=C(C#N)C(c3ccc(Cl)cc3)C3=C(CC(C)(C)CC3=O)N2)cc1. The Morgan fingerprint density at radius 3 is 2.51 bits per heavy atom. The standard InChI is InChI=1S/C27H26ClN3O3S/c1-27(2)12-21-25(22(32)13-27)24(16-4-6-17(28)7-5-16)20(14-29)26(31-21)35-15-23(33)30-18-8-10-19(34-3)11-9-18/h4-11,24,31H,12-13,15H2,1-3H3,(H,30,33). The van der Waals surface area contributed by atoms with E-state index in [0.717, 1.165) is 11.3 Å². The second-order valence-electron chi connectivity index (χ2n) is 9.36. The number of ketones is 1. The van der Waals surface area contributed by atoms with Crippen molar-refractivity contribution in [3.8, 4) is 11.8 Å². The number of allylic oxidation sites excluding steroid dienone is 3. The van der Waals surface area contributed by atoms with E-state index in [9.17, 15) is 14.9 Å². The Morgan fingerprint density at radius 1 is 1.20 bits per heavy atom. The minimum Gasteiger partial charge on any atom is -0.497 e. The number of dihydropyridines is 1. The number of carbonyl (C=O) groups is 2. The predicted molar refractivity (Wildman–Crippen MR) is 139 cm³/mol. The van der Waals surface area contributed by atoms with Crippen LogP contribution in [0.3, 0.4) is 0 Å². The first-order valence-electron chi connectivity index (χ1n) is 11.2. The first-order valence-corrected chi connectivity index (χ1v) is 12.6. The summed E-state index contributed by atoms with van der Waals surface area (Å²) in [6, 6.07) is 16.6. The lowest BCUT2D eigenvalue weighted by Crippen LogP contribution is -2.37. The lowest BCUT2D eigenvalue weighted by molar-refractivity contribution is -0.118. The van der Waals surface area contributed by atoms with Gasteiger partial charge in [-0.3, -0.25) is 9.59 Å². The van der Waals surface area contributed by atoms with Gasteiger partial charge < -0.3 is 15.4 Å². The molecule has 2 aromatic rings. The maximum Gasteiger partial charge on any atom is 0.234 e. The number of hydrogen-bond donors (Lipinski definition) is 2. The second-order valence-corrected chi connectivity index (χ2v) is 10.8. The van der Waals surface area contributed by atoms with E-state index in [0.29, 0.717) is 45.5 Å². The maximum absolute atomic E-state index is 13.2. The van der Waals surface area contributed by atoms with Crippen molar-refractivity contribution in [3.63, 3.8) is 0 Å². The summed E-state index contributed by atoms with van der Waals surface area (Å²) in [6.07, 6.45) is 1.10. The lowest BCUT2D eigenvalue weighted by atomic mass is 9.69. The molecule has 1 heterocycles. The summed E-state index contributed by atoms with van der Waals surface area (Å²) in [6.45, 7) is 4.12. The molecule has 1 unspecified atom stereocenters. The van der Waals surface area contributed by atoms with Crippen LogP contribution in [-0.2, 0) is 9.59 Å². The molecule has 180 valence electrons. The highest BCUT2D eigenvalue weighted by molar-refractivity contribution is 8.03. The van der Waals surface area contributed by atoms with Crippen LogP contribution in [0.4, 0.5) is 5.69 Å². The fraction of sp³-hybridized carbons (Fsp3) is 0.296. The molecule has 0 saturated carbocycles. The van der Waals surface area contributed by atoms with Crippen LogP contribution < -0.4 is 15.4 Å². The molecule has 8 heteroatoms. The van der Waals surface area contributed by atoms with E-state index >= 15 is 0 Å². The van der Waals surface area contributed by atoms with Crippen molar-refractivity contribution in [2.45, 2.75) is 32.6 Å². The van der Waals surface area contributed by atoms with E-state index in [1.807, 2.05) is 12.1 Å². The van der Waals surface area contributed by atoms with E-state index in [4.69, 9.17) is 16.3 Å². The molecular formula is C27H26ClN3O3S. The Kier molecular flexibility index (Phi) is 7.25. The Bertz CT molecular complexity index is 1260. The molecule has 0 fully saturated rings. The number of anilines is 1. The molecule has 2 aliphatic rings. The third kappa shape index (κ3) is 5.55. The number of rotatable bonds is 6. The number of methoxy groups -OCH3 is 1. The van der Waals surface area contributed by atoms with Gasteiger partial charge in [-0.25, -0.2) is 0 Å². The molecule has 1 amide bonds. The molecule has 1 aliphatic carbocycles. The summed E-state index contributed by atoms with van der Waals surface area (Å²) >= 11 is 7.36. The smallest absolute Gasteiger partial charge is 0.234 e. The van der Waals surface area contributed by atoms with Gasteiger partial charge in [0, 0.05) is 28.4 Å². The third-order valence-electron chi connectivity index (χ3n) is 6.05. The summed E-state index contributed by atoms with van der Waals surface area (Å²) in [5, 5.41) is 17.5. The number of nitrogens with zero attached hydrogens (tertiary/aromatic N) is 1. The van der Waals surface area contributed by atoms with E-state index in [1.165, 1.54) is 11.8 Å². The first-order chi connectivity index (χ1) is 16.7. The quantitative estimate of drug-likeness (QED) is 0.514. The molecule has 2 N–H and O–H groups in total. The number of halogens is 1. The summed E-state index contributed by atoms with van der Waals surface area (Å²) in [5.41, 5.74) is 3.18. The molecule has 35 heavy (non-hydrogen) atoms. The van der Waals surface area contributed by atoms with Crippen LogP contribution in [0.2, 0.25) is 5.02 Å². The molecule has 0 bridgehead atoms. The molecule has 6 nitrogen and oxygen atoms in total. The normalized spacial score (nSPS) is 18.9. The van der Waals surface area contributed by atoms with Gasteiger partial charge in [-0.2, -0.15) is 5.26 Å². The Labute approximate surface area is 214 Å². The minimum atomic E-state index is -0.496. The van der Waals surface area contributed by atoms with E-state index in [2.05, 4.69) is 30.6 Å². The fourth-order valence-electron chi connectivity index (χ4n) is 4.49. The number of nitriles is 1. The van der Waals surface area contributed by atoms with E-state index in [-0.39, 0.29) is 22.9 Å². The zero-order chi connectivity index (χ0) is 25.2. The number of Topliss-reactive ketones (excluding diaryl/α,β-unsaturated/α-hetero) is 1. The summed E-state index contributed by atoms with van der Waals surface area (Å²) in [5.74, 6) is 0.152. The van der Waals surface area contributed by atoms with Gasteiger partial charge in [-0.05, 0) is 53.8 Å². The number of hydrogen-bond acceptors (Lipinski definition) is 6. The fourth-order valence-corrected chi connectivity index (χ4v) is 5.48. The number of thioether (sulfide) groups is 1. The Hall–Kier alpha value is -3.21. The van der Waals surface area contributed by atoms with Crippen LogP contribution in [0.1, 0.15) is 38.2 Å². The number of benzene rings is 2. The highest BCUT2D eigenvalue weighted by Crippen LogP contribution is 2.47. The molecule has 1 aliphatic heterocycles. The van der Waals surface area contributed by atoms with Crippen molar-refractivity contribution in [2.24, 2.45) is 5.41 Å². The van der Waals surface area contributed by atoms with Crippen molar-refractivity contribution in [2.75, 3.05) is 18.2 Å². The number of amides is 1. The van der Waals surface area contributed by atoms with Crippen LogP contribution in [0, 0.1) is 16.7 Å². The molecule has 0 aromatic heterocycles. The van der Waals surface area contributed by atoms with Gasteiger partial charge in [-0.15, -0.1) is 0 Å². The molecule has 0 spiro atoms. The number of ether oxygens (including phenoxy) is 1. The monoisotopic (exact) mass is 507 g/mol. The third-order valence-corrected chi connectivity index (χ3v) is 7.32. The molecule has 1 atom stereocenters. The largest absolute Gasteiger partial charge is 0.497 e. The predicted octanol–water partition coefficient (Wildman–Crippen LogP) is 5.79. The van der Waals surface area contributed by atoms with Crippen molar-refractivity contribution in [1.29, 1.82) is 5.26 Å². The second kappa shape index (κ2) is 10.2. The van der Waals surface area contributed by atoms with Crippen LogP contribution in [0.5, 0.6) is 5.75 Å². The van der Waals surface area contributed by atoms with Gasteiger partial charge >= 0.3 is 0 Å². The average molecular weight is 508 g/mol. The maximum atomic E-state index is 13.2. The highest BCUT2D eigenvalue weighted by atomic mass is 35.5. The first kappa shape index (κ1) is 24.9. The van der Waals surface area contributed by atoms with E-state index < -0.39 is 5.92 Å². The Morgan fingerprint density at radius 2 is 1.89 bits per heavy atom. The topological polar surface area (TPSA) is 91.2 Å². The number of carbonyl (C=O) groups excluding carboxylic acids is 2. The van der Waals surface area contributed by atoms with Crippen molar-refractivity contribution in [3.05, 3.63) is 81.0 Å². The molecule has 0 saturated heterocycles. The summed E-state index contributed by atoms with van der Waals surface area (Å²) < 4.78 is 5.15. The summed E-state index contributed by atoms with van der Waals surface area (Å²) in [4.78, 5) is 25.9. The van der Waals surface area contributed by atoms with Gasteiger partial charge in [0.1, 0.15) is 5.75 Å². The Balaban J connectivity index is 1.61. The summed E-state index contributed by atoms with van der Waals surface area (Å²) in [7, 11) is 1.58. The zero-order valence-corrected chi connectivity index (χ0v) is 21.3. The van der Waals surface area contributed by atoms with Gasteiger partial charge in [-0.1, -0.05) is 49.3 Å². The molecule has 4 rings (SSSR count). The molecule has 2 aromatic carbocycles. The van der Waals surface area contributed by atoms with Crippen LogP contribution in [0.25, 0.3) is 0 Å². The van der Waals surface area contributed by atoms with Crippen LogP contribution in [0.15, 0.2) is 70.4 Å². The highest BCUT2D eigenvalue weighted by Gasteiger charge is 2.41. The van der Waals surface area contributed by atoms with Gasteiger partial charge in [0.2, 0.25) is 5.91 Å².